The van der Waals surface area contributed by atoms with E-state index >= 15 is 0 Å². The standard InChI is InChI=1S/C22H28N6O4.3H2/c1-12-19(21(24)32-20(23)14-5-3-13(4-6-14)8-25-2)28-18(10-26-12)16-7-17(16)22(31)27-9-15(30)11-29;;;/h3-6,10,15-17,23-25,29-30H,7-9,11H2,1-2H3,(H,27,31);3*1H. The third-order valence-corrected chi connectivity index (χ3v) is 5.22. The zero-order chi connectivity index (χ0) is 23.3. The highest BCUT2D eigenvalue weighted by Crippen LogP contribution is 2.46. The fourth-order valence-corrected chi connectivity index (χ4v) is 3.27. The lowest BCUT2D eigenvalue weighted by atomic mass is 10.1. The minimum atomic E-state index is -0.991. The number of aliphatic hydroxyl groups is 2. The molecule has 0 radical (unpaired) electrons. The van der Waals surface area contributed by atoms with Gasteiger partial charge in [-0.05, 0) is 38.1 Å². The van der Waals surface area contributed by atoms with E-state index in [0.717, 1.165) is 5.56 Å². The van der Waals surface area contributed by atoms with Crippen molar-refractivity contribution in [2.24, 2.45) is 5.92 Å². The molecule has 1 aliphatic rings. The molecule has 0 aliphatic heterocycles. The summed E-state index contributed by atoms with van der Waals surface area (Å²) in [7, 11) is 1.86. The van der Waals surface area contributed by atoms with E-state index < -0.39 is 12.7 Å². The van der Waals surface area contributed by atoms with E-state index in [1.165, 1.54) is 0 Å². The van der Waals surface area contributed by atoms with Crippen molar-refractivity contribution < 1.29 is 24.0 Å². The molecule has 1 aliphatic carbocycles. The van der Waals surface area contributed by atoms with Crippen molar-refractivity contribution >= 4 is 17.7 Å². The number of carbonyl (C=O) groups excluding carboxylic acids is 1. The van der Waals surface area contributed by atoms with Gasteiger partial charge in [0, 0.05) is 41.0 Å². The number of carbonyl (C=O) groups is 1. The Kier molecular flexibility index (Phi) is 7.62. The van der Waals surface area contributed by atoms with Gasteiger partial charge in [-0.1, -0.05) is 12.1 Å². The van der Waals surface area contributed by atoms with Gasteiger partial charge in [0.2, 0.25) is 17.7 Å². The number of hydrogen-bond donors (Lipinski definition) is 6. The Balaban J connectivity index is 0.00000385. The van der Waals surface area contributed by atoms with Crippen LogP contribution in [0.4, 0.5) is 0 Å². The molecule has 1 fully saturated rings. The lowest BCUT2D eigenvalue weighted by Gasteiger charge is -2.11. The number of aliphatic hydroxyl groups excluding tert-OH is 2. The molecule has 10 heteroatoms. The predicted molar refractivity (Wildman–Crippen MR) is 124 cm³/mol. The van der Waals surface area contributed by atoms with Crippen LogP contribution in [0.3, 0.4) is 0 Å². The van der Waals surface area contributed by atoms with Crippen molar-refractivity contribution in [1.29, 1.82) is 10.8 Å². The van der Waals surface area contributed by atoms with Gasteiger partial charge in [-0.3, -0.25) is 20.6 Å². The fraction of sp³-hybridized carbons (Fsp3) is 0.409. The van der Waals surface area contributed by atoms with Gasteiger partial charge in [0.1, 0.15) is 5.69 Å². The summed E-state index contributed by atoms with van der Waals surface area (Å²) in [6.07, 6.45) is 1.18. The van der Waals surface area contributed by atoms with Crippen molar-refractivity contribution in [2.45, 2.75) is 31.9 Å². The Labute approximate surface area is 190 Å². The SMILES string of the molecule is CNCc1ccc(C(=N)OC(=N)c2nc(C3CC3C(=O)NCC(O)CO)cnc2C)cc1.[HH].[HH].[HH]. The molecule has 1 amide bonds. The second-order valence-electron chi connectivity index (χ2n) is 7.75. The average Bonchev–Trinajstić information content (AvgIpc) is 3.59. The molecule has 176 valence electrons. The molecule has 1 saturated carbocycles. The first-order valence-corrected chi connectivity index (χ1v) is 10.3. The number of rotatable bonds is 9. The monoisotopic (exact) mass is 446 g/mol. The van der Waals surface area contributed by atoms with Crippen LogP contribution < -0.4 is 10.6 Å². The van der Waals surface area contributed by atoms with Gasteiger partial charge in [0.05, 0.1) is 24.1 Å². The summed E-state index contributed by atoms with van der Waals surface area (Å²) in [6.45, 7) is 1.99. The first-order chi connectivity index (χ1) is 15.3. The number of nitrogens with zero attached hydrogens (tertiary/aromatic N) is 2. The molecule has 32 heavy (non-hydrogen) atoms. The minimum absolute atomic E-state index is 0. The van der Waals surface area contributed by atoms with Gasteiger partial charge in [-0.2, -0.15) is 0 Å². The minimum Gasteiger partial charge on any atom is -0.419 e. The van der Waals surface area contributed by atoms with Crippen molar-refractivity contribution in [1.82, 2.24) is 20.6 Å². The molecular weight excluding hydrogens is 412 g/mol. The topological polar surface area (TPSA) is 164 Å². The predicted octanol–water partition coefficient (Wildman–Crippen LogP) is 1.18. The Morgan fingerprint density at radius 1 is 1.31 bits per heavy atom. The van der Waals surface area contributed by atoms with Crippen LogP contribution in [0, 0.1) is 23.7 Å². The molecule has 0 spiro atoms. The van der Waals surface area contributed by atoms with Gasteiger partial charge >= 0.3 is 0 Å². The Bertz CT molecular complexity index is 1010. The molecule has 10 nitrogen and oxygen atoms in total. The molecule has 1 aromatic heterocycles. The Morgan fingerprint density at radius 3 is 2.69 bits per heavy atom. The fourth-order valence-electron chi connectivity index (χ4n) is 3.27. The zero-order valence-electron chi connectivity index (χ0n) is 18.1. The van der Waals surface area contributed by atoms with Gasteiger partial charge in [0.25, 0.3) is 0 Å². The van der Waals surface area contributed by atoms with Crippen LogP contribution in [0.1, 0.15) is 44.8 Å². The lowest BCUT2D eigenvalue weighted by Crippen LogP contribution is -2.35. The number of benzene rings is 1. The molecule has 3 atom stereocenters. The molecule has 1 heterocycles. The van der Waals surface area contributed by atoms with E-state index in [1.54, 1.807) is 25.3 Å². The second-order valence-corrected chi connectivity index (χ2v) is 7.75. The number of amides is 1. The largest absolute Gasteiger partial charge is 0.419 e. The number of hydrogen-bond acceptors (Lipinski definition) is 9. The van der Waals surface area contributed by atoms with Gasteiger partial charge < -0.3 is 25.6 Å². The summed E-state index contributed by atoms with van der Waals surface area (Å²) in [5.74, 6) is -1.10. The van der Waals surface area contributed by atoms with Crippen LogP contribution in [-0.2, 0) is 16.1 Å². The van der Waals surface area contributed by atoms with E-state index in [-0.39, 0.29) is 46.1 Å². The number of aromatic nitrogens is 2. The molecule has 3 unspecified atom stereocenters. The maximum atomic E-state index is 12.2. The third-order valence-electron chi connectivity index (χ3n) is 5.22. The number of aryl methyl sites for hydroxylation is 1. The molecule has 6 N–H and O–H groups in total. The quantitative estimate of drug-likeness (QED) is 0.249. The molecule has 3 rings (SSSR count). The summed E-state index contributed by atoms with van der Waals surface area (Å²) in [5.41, 5.74) is 2.90. The van der Waals surface area contributed by atoms with Gasteiger partial charge in [-0.25, -0.2) is 4.98 Å². The molecule has 0 saturated heterocycles. The van der Waals surface area contributed by atoms with Gasteiger partial charge in [-0.15, -0.1) is 0 Å². The van der Waals surface area contributed by atoms with Crippen LogP contribution in [0.5, 0.6) is 0 Å². The van der Waals surface area contributed by atoms with E-state index in [1.807, 2.05) is 19.2 Å². The second kappa shape index (κ2) is 10.4. The highest BCUT2D eigenvalue weighted by atomic mass is 16.5. The third kappa shape index (κ3) is 5.72. The van der Waals surface area contributed by atoms with Crippen molar-refractivity contribution in [3.8, 4) is 0 Å². The van der Waals surface area contributed by atoms with Crippen molar-refractivity contribution in [2.75, 3.05) is 20.2 Å². The Hall–Kier alpha value is -3.21. The van der Waals surface area contributed by atoms with Crippen LogP contribution in [0.2, 0.25) is 0 Å². The lowest BCUT2D eigenvalue weighted by molar-refractivity contribution is -0.123. The maximum Gasteiger partial charge on any atom is 0.241 e. The highest BCUT2D eigenvalue weighted by molar-refractivity contribution is 6.04. The van der Waals surface area contributed by atoms with Crippen LogP contribution in [0.25, 0.3) is 0 Å². The zero-order valence-corrected chi connectivity index (χ0v) is 18.1. The normalized spacial score (nSPS) is 18.0. The van der Waals surface area contributed by atoms with Crippen molar-refractivity contribution in [3.63, 3.8) is 0 Å². The Morgan fingerprint density at radius 2 is 2.03 bits per heavy atom. The number of ether oxygens (including phenoxy) is 1. The molecule has 1 aromatic carbocycles. The summed E-state index contributed by atoms with van der Waals surface area (Å²) in [5, 5.41) is 40.3. The van der Waals surface area contributed by atoms with Crippen LogP contribution in [-0.4, -0.2) is 64.2 Å². The first kappa shape index (κ1) is 23.5. The number of nitrogens with one attached hydrogen (secondary N) is 4. The summed E-state index contributed by atoms with van der Waals surface area (Å²) in [6, 6.07) is 7.30. The smallest absolute Gasteiger partial charge is 0.241 e. The maximum absolute atomic E-state index is 12.2. The summed E-state index contributed by atoms with van der Waals surface area (Å²) < 4.78 is 5.43. The van der Waals surface area contributed by atoms with E-state index in [0.29, 0.717) is 29.9 Å². The highest BCUT2D eigenvalue weighted by Gasteiger charge is 2.45. The molecular formula is C22H34N6O4. The van der Waals surface area contributed by atoms with Gasteiger partial charge in [0.15, 0.2) is 0 Å². The first-order valence-electron chi connectivity index (χ1n) is 10.3. The summed E-state index contributed by atoms with van der Waals surface area (Å²) in [4.78, 5) is 21.0. The average molecular weight is 447 g/mol. The van der Waals surface area contributed by atoms with Crippen LogP contribution in [0.15, 0.2) is 30.5 Å². The van der Waals surface area contributed by atoms with Crippen LogP contribution >= 0.6 is 0 Å². The summed E-state index contributed by atoms with van der Waals surface area (Å²) >= 11 is 0. The van der Waals surface area contributed by atoms with E-state index in [9.17, 15) is 9.90 Å². The van der Waals surface area contributed by atoms with Crippen molar-refractivity contribution in [3.05, 3.63) is 58.7 Å². The van der Waals surface area contributed by atoms with E-state index in [4.69, 9.17) is 20.7 Å². The molecule has 2 aromatic rings. The molecule has 0 bridgehead atoms. The van der Waals surface area contributed by atoms with E-state index in [2.05, 4.69) is 20.6 Å².